The molecule has 42 heavy (non-hydrogen) atoms. The minimum absolute atomic E-state index is 0.0545. The summed E-state index contributed by atoms with van der Waals surface area (Å²) < 4.78 is 47.5. The maximum Gasteiger partial charge on any atom is 0.323 e. The molecular formula is C29H32ClFN4O6S. The minimum atomic E-state index is -3.92. The van der Waals surface area contributed by atoms with Crippen LogP contribution >= 0.6 is 11.6 Å². The lowest BCUT2D eigenvalue weighted by Crippen LogP contribution is -2.50. The van der Waals surface area contributed by atoms with Gasteiger partial charge in [-0.2, -0.15) is 4.31 Å². The summed E-state index contributed by atoms with van der Waals surface area (Å²) in [6, 6.07) is 14.5. The van der Waals surface area contributed by atoms with E-state index in [1.807, 2.05) is 6.92 Å². The Morgan fingerprint density at radius 2 is 1.81 bits per heavy atom. The average Bonchev–Trinajstić information content (AvgIpc) is 2.96. The fourth-order valence-corrected chi connectivity index (χ4v) is 5.82. The number of aliphatic hydroxyl groups excluding tert-OH is 1. The molecule has 0 spiro atoms. The van der Waals surface area contributed by atoms with Crippen LogP contribution in [-0.2, 0) is 10.0 Å². The number of rotatable bonds is 8. The number of carbonyl (C=O) groups excluding carboxylic acids is 2. The predicted octanol–water partition coefficient (Wildman–Crippen LogP) is 4.66. The van der Waals surface area contributed by atoms with Gasteiger partial charge in [0, 0.05) is 30.2 Å². The van der Waals surface area contributed by atoms with Crippen LogP contribution in [0.5, 0.6) is 5.75 Å². The van der Waals surface area contributed by atoms with Gasteiger partial charge >= 0.3 is 6.03 Å². The van der Waals surface area contributed by atoms with E-state index in [1.54, 1.807) is 25.1 Å². The number of nitrogens with one attached hydrogen (secondary N) is 2. The van der Waals surface area contributed by atoms with Gasteiger partial charge in [-0.3, -0.25) is 4.79 Å². The molecule has 0 bridgehead atoms. The van der Waals surface area contributed by atoms with Crippen molar-refractivity contribution in [2.75, 3.05) is 37.4 Å². The highest BCUT2D eigenvalue weighted by molar-refractivity contribution is 7.89. The molecule has 3 amide bonds. The van der Waals surface area contributed by atoms with Gasteiger partial charge in [-0.1, -0.05) is 24.6 Å². The fraction of sp³-hybridized carbons (Fsp3) is 0.310. The number of carbonyl (C=O) groups is 2. The second kappa shape index (κ2) is 13.1. The molecular weight excluding hydrogens is 587 g/mol. The number of hydrogen-bond donors (Lipinski definition) is 3. The zero-order valence-electron chi connectivity index (χ0n) is 23.3. The van der Waals surface area contributed by atoms with Gasteiger partial charge in [0.05, 0.1) is 35.3 Å². The van der Waals surface area contributed by atoms with Crippen LogP contribution in [0.3, 0.4) is 0 Å². The molecule has 4 rings (SSSR count). The number of nitrogens with zero attached hydrogens (tertiary/aromatic N) is 2. The van der Waals surface area contributed by atoms with Crippen molar-refractivity contribution >= 4 is 44.9 Å². The Kier molecular flexibility index (Phi) is 9.72. The quantitative estimate of drug-likeness (QED) is 0.337. The molecule has 13 heteroatoms. The number of benzene rings is 3. The molecule has 224 valence electrons. The van der Waals surface area contributed by atoms with E-state index in [0.29, 0.717) is 10.7 Å². The van der Waals surface area contributed by atoms with E-state index < -0.39 is 39.9 Å². The van der Waals surface area contributed by atoms with Crippen molar-refractivity contribution in [3.8, 4) is 5.75 Å². The Hall–Kier alpha value is -3.71. The lowest BCUT2D eigenvalue weighted by Gasteiger charge is -2.38. The molecule has 1 heterocycles. The van der Waals surface area contributed by atoms with E-state index in [4.69, 9.17) is 16.3 Å². The third-order valence-corrected chi connectivity index (χ3v) is 9.09. The first kappa shape index (κ1) is 31.2. The molecule has 0 unspecified atom stereocenters. The minimum Gasteiger partial charge on any atom is -0.486 e. The summed E-state index contributed by atoms with van der Waals surface area (Å²) in [6.07, 6.45) is -0.763. The predicted molar refractivity (Wildman–Crippen MR) is 158 cm³/mol. The Morgan fingerprint density at radius 3 is 2.45 bits per heavy atom. The molecule has 3 N–H and O–H groups in total. The van der Waals surface area contributed by atoms with Crippen molar-refractivity contribution in [2.45, 2.75) is 30.9 Å². The van der Waals surface area contributed by atoms with E-state index in [-0.39, 0.29) is 47.5 Å². The number of fused-ring (bicyclic) bond motifs is 1. The second-order valence-electron chi connectivity index (χ2n) is 10.1. The third kappa shape index (κ3) is 7.01. The Balaban J connectivity index is 1.68. The van der Waals surface area contributed by atoms with Crippen LogP contribution in [0.25, 0.3) is 0 Å². The first-order chi connectivity index (χ1) is 19.9. The zero-order valence-corrected chi connectivity index (χ0v) is 24.8. The van der Waals surface area contributed by atoms with Gasteiger partial charge in [0.2, 0.25) is 10.0 Å². The van der Waals surface area contributed by atoms with Gasteiger partial charge in [0.15, 0.2) is 5.75 Å². The fourth-order valence-electron chi connectivity index (χ4n) is 4.52. The number of ether oxygens (including phenoxy) is 1. The van der Waals surface area contributed by atoms with Crippen LogP contribution in [0.1, 0.15) is 24.2 Å². The molecule has 3 aromatic rings. The molecule has 0 fully saturated rings. The first-order valence-corrected chi connectivity index (χ1v) is 15.0. The number of sulfonamides is 1. The molecule has 3 atom stereocenters. The number of amides is 3. The molecule has 0 saturated carbocycles. The largest absolute Gasteiger partial charge is 0.486 e. The highest BCUT2D eigenvalue weighted by atomic mass is 35.5. The monoisotopic (exact) mass is 618 g/mol. The van der Waals surface area contributed by atoms with E-state index >= 15 is 0 Å². The summed E-state index contributed by atoms with van der Waals surface area (Å²) in [5.74, 6) is -1.20. The molecule has 0 aliphatic carbocycles. The summed E-state index contributed by atoms with van der Waals surface area (Å²) in [7, 11) is -2.49. The van der Waals surface area contributed by atoms with E-state index in [2.05, 4.69) is 10.6 Å². The molecule has 10 nitrogen and oxygen atoms in total. The Bertz CT molecular complexity index is 1540. The SMILES string of the molecule is C[C@H](CO)N1C[C@H](C)[C@@H](CN(C)S(=O)(=O)c2ccc(Cl)cc2)Oc2c(NC(=O)Nc3ccc(F)cc3)cccc2C1=O. The number of likely N-dealkylation sites (N-methyl/N-ethyl adjacent to an activating group) is 1. The second-order valence-corrected chi connectivity index (χ2v) is 12.6. The maximum absolute atomic E-state index is 13.7. The molecule has 1 aliphatic heterocycles. The molecule has 0 aromatic heterocycles. The number of halogens is 2. The van der Waals surface area contributed by atoms with Crippen molar-refractivity contribution in [1.82, 2.24) is 9.21 Å². The summed E-state index contributed by atoms with van der Waals surface area (Å²) >= 11 is 5.93. The highest BCUT2D eigenvalue weighted by Gasteiger charge is 2.36. The van der Waals surface area contributed by atoms with Crippen molar-refractivity contribution in [3.05, 3.63) is 83.1 Å². The van der Waals surface area contributed by atoms with Gasteiger partial charge in [-0.05, 0) is 67.6 Å². The van der Waals surface area contributed by atoms with Gasteiger partial charge < -0.3 is 25.4 Å². The number of anilines is 2. The van der Waals surface area contributed by atoms with Crippen LogP contribution in [0, 0.1) is 11.7 Å². The molecule has 0 saturated heterocycles. The smallest absolute Gasteiger partial charge is 0.323 e. The van der Waals surface area contributed by atoms with E-state index in [1.165, 1.54) is 60.5 Å². The van der Waals surface area contributed by atoms with Gasteiger partial charge in [-0.15, -0.1) is 0 Å². The zero-order chi connectivity index (χ0) is 30.6. The summed E-state index contributed by atoms with van der Waals surface area (Å²) in [4.78, 5) is 28.1. The first-order valence-electron chi connectivity index (χ1n) is 13.2. The number of urea groups is 1. The van der Waals surface area contributed by atoms with Crippen LogP contribution in [-0.4, -0.2) is 73.6 Å². The van der Waals surface area contributed by atoms with Crippen LogP contribution in [0.15, 0.2) is 71.6 Å². The van der Waals surface area contributed by atoms with Crippen molar-refractivity contribution in [1.29, 1.82) is 0 Å². The van der Waals surface area contributed by atoms with Crippen molar-refractivity contribution in [2.24, 2.45) is 5.92 Å². The van der Waals surface area contributed by atoms with Gasteiger partial charge in [0.1, 0.15) is 11.9 Å². The van der Waals surface area contributed by atoms with Gasteiger partial charge in [0.25, 0.3) is 5.91 Å². The number of aliphatic hydroxyl groups is 1. The van der Waals surface area contributed by atoms with Gasteiger partial charge in [-0.25, -0.2) is 17.6 Å². The number of hydrogen-bond acceptors (Lipinski definition) is 6. The molecule has 0 radical (unpaired) electrons. The normalized spacial score (nSPS) is 18.0. The summed E-state index contributed by atoms with van der Waals surface area (Å²) in [5.41, 5.74) is 0.641. The lowest BCUT2D eigenvalue weighted by atomic mass is 9.99. The van der Waals surface area contributed by atoms with Crippen molar-refractivity contribution in [3.63, 3.8) is 0 Å². The molecule has 3 aromatic carbocycles. The highest BCUT2D eigenvalue weighted by Crippen LogP contribution is 2.35. The average molecular weight is 619 g/mol. The summed E-state index contributed by atoms with van der Waals surface area (Å²) in [6.45, 7) is 3.33. The summed E-state index contributed by atoms with van der Waals surface area (Å²) in [5, 5.41) is 15.6. The maximum atomic E-state index is 13.7. The number of para-hydroxylation sites is 1. The standard InChI is InChI=1S/C29H32ClFN4O6S/c1-18-15-35(19(2)17-36)28(37)24-5-4-6-25(33-29(38)32-22-11-9-21(31)10-12-22)27(24)41-26(18)16-34(3)42(39,40)23-13-7-20(30)8-14-23/h4-14,18-19,26,36H,15-17H2,1-3H3,(H2,32,33,38)/t18-,19+,26+/m0/s1. The topological polar surface area (TPSA) is 128 Å². The van der Waals surface area contributed by atoms with Crippen LogP contribution in [0.2, 0.25) is 5.02 Å². The van der Waals surface area contributed by atoms with Crippen LogP contribution in [0.4, 0.5) is 20.6 Å². The Labute approximate surface area is 249 Å². The van der Waals surface area contributed by atoms with E-state index in [0.717, 1.165) is 4.31 Å². The molecule has 1 aliphatic rings. The lowest BCUT2D eigenvalue weighted by molar-refractivity contribution is 0.0389. The van der Waals surface area contributed by atoms with Crippen molar-refractivity contribution < 1.29 is 32.2 Å². The Morgan fingerprint density at radius 1 is 1.14 bits per heavy atom. The van der Waals surface area contributed by atoms with Crippen LogP contribution < -0.4 is 15.4 Å². The van der Waals surface area contributed by atoms with E-state index in [9.17, 15) is 27.5 Å². The third-order valence-electron chi connectivity index (χ3n) is 7.00.